The summed E-state index contributed by atoms with van der Waals surface area (Å²) < 4.78 is 33.0. The average molecular weight is 460 g/mol. The van der Waals surface area contributed by atoms with Crippen LogP contribution in [0, 0.1) is 6.92 Å². The van der Waals surface area contributed by atoms with Gasteiger partial charge in [0.15, 0.2) is 0 Å². The molecular weight excluding hydrogens is 430 g/mol. The van der Waals surface area contributed by atoms with E-state index in [1.807, 2.05) is 19.1 Å². The minimum absolute atomic E-state index is 0.00775. The first kappa shape index (κ1) is 25.3. The molecule has 2 aromatic carbocycles. The number of hydrogen-bond donors (Lipinski definition) is 2. The van der Waals surface area contributed by atoms with Crippen LogP contribution in [-0.4, -0.2) is 37.6 Å². The van der Waals surface area contributed by atoms with Gasteiger partial charge in [0.05, 0.1) is 23.5 Å². The monoisotopic (exact) mass is 459 g/mol. The molecule has 0 fully saturated rings. The Morgan fingerprint density at radius 2 is 1.47 bits per heavy atom. The van der Waals surface area contributed by atoms with Gasteiger partial charge in [-0.1, -0.05) is 42.0 Å². The number of carboxylic acids is 1. The molecule has 0 aliphatic heterocycles. The maximum Gasteiger partial charge on any atom is 0.335 e. The largest absolute Gasteiger partial charge is 0.481 e. The van der Waals surface area contributed by atoms with Crippen molar-refractivity contribution in [3.63, 3.8) is 0 Å². The molecule has 0 radical (unpaired) electrons. The summed E-state index contributed by atoms with van der Waals surface area (Å²) in [6.45, 7) is 8.89. The van der Waals surface area contributed by atoms with Crippen LogP contribution in [-0.2, 0) is 24.3 Å². The Morgan fingerprint density at radius 3 is 1.91 bits per heavy atom. The van der Waals surface area contributed by atoms with Gasteiger partial charge in [0.2, 0.25) is 10.0 Å². The number of carboxylic acid groups (broad SMARTS) is 1. The van der Waals surface area contributed by atoms with E-state index in [-0.39, 0.29) is 17.1 Å². The van der Waals surface area contributed by atoms with Gasteiger partial charge < -0.3 is 9.84 Å². The second kappa shape index (κ2) is 10.1. The van der Waals surface area contributed by atoms with Gasteiger partial charge in [0.1, 0.15) is 0 Å². The fourth-order valence-electron chi connectivity index (χ4n) is 3.13. The second-order valence-corrected chi connectivity index (χ2v) is 10.1. The van der Waals surface area contributed by atoms with E-state index in [1.165, 1.54) is 12.1 Å². The van der Waals surface area contributed by atoms with E-state index in [0.29, 0.717) is 16.7 Å². The number of carbonyl (C=O) groups excluding carboxylic acids is 1. The molecule has 0 aromatic heterocycles. The van der Waals surface area contributed by atoms with E-state index >= 15 is 0 Å². The molecule has 0 heterocycles. The molecule has 2 aromatic rings. The van der Waals surface area contributed by atoms with E-state index in [2.05, 4.69) is 4.72 Å². The molecule has 0 saturated heterocycles. The van der Waals surface area contributed by atoms with E-state index in [0.717, 1.165) is 5.56 Å². The van der Waals surface area contributed by atoms with Gasteiger partial charge in [-0.2, -0.15) is 0 Å². The van der Waals surface area contributed by atoms with Gasteiger partial charge in [-0.25, -0.2) is 17.9 Å². The molecule has 0 spiro atoms. The zero-order chi connectivity index (χ0) is 24.1. The van der Waals surface area contributed by atoms with Crippen molar-refractivity contribution in [2.75, 3.05) is 6.61 Å². The minimum Gasteiger partial charge on any atom is -0.481 e. The van der Waals surface area contributed by atoms with Gasteiger partial charge >= 0.3 is 11.9 Å². The maximum atomic E-state index is 12.7. The lowest BCUT2D eigenvalue weighted by molar-refractivity contribution is -0.142. The number of esters is 1. The number of aliphatic carboxylic acids is 1. The SMILES string of the molecule is CCOC(=O)/C(CC(=O)O)=C(\c1ccc(C)cc1)c1ccc(S(=O)(=O)NC(C)(C)C)cc1. The quantitative estimate of drug-likeness (QED) is 0.457. The maximum absolute atomic E-state index is 12.7. The number of sulfonamides is 1. The summed E-state index contributed by atoms with van der Waals surface area (Å²) in [5, 5.41) is 9.42. The van der Waals surface area contributed by atoms with E-state index in [4.69, 9.17) is 4.74 Å². The van der Waals surface area contributed by atoms with Gasteiger partial charge in [0, 0.05) is 5.54 Å². The van der Waals surface area contributed by atoms with Gasteiger partial charge in [0.25, 0.3) is 0 Å². The lowest BCUT2D eigenvalue weighted by atomic mass is 9.91. The van der Waals surface area contributed by atoms with Gasteiger partial charge in [-0.3, -0.25) is 4.79 Å². The Morgan fingerprint density at radius 1 is 0.969 bits per heavy atom. The molecule has 8 heteroatoms. The van der Waals surface area contributed by atoms with Crippen molar-refractivity contribution in [1.82, 2.24) is 4.72 Å². The summed E-state index contributed by atoms with van der Waals surface area (Å²) in [6, 6.07) is 13.3. The zero-order valence-corrected chi connectivity index (χ0v) is 19.7. The molecule has 2 rings (SSSR count). The minimum atomic E-state index is -3.75. The summed E-state index contributed by atoms with van der Waals surface area (Å²) >= 11 is 0. The van der Waals surface area contributed by atoms with Gasteiger partial charge in [-0.05, 0) is 63.5 Å². The molecule has 0 aliphatic rings. The van der Waals surface area contributed by atoms with Crippen molar-refractivity contribution >= 4 is 27.5 Å². The molecule has 32 heavy (non-hydrogen) atoms. The molecular formula is C24H29NO6S. The Labute approximate surface area is 189 Å². The van der Waals surface area contributed by atoms with Gasteiger partial charge in [-0.15, -0.1) is 0 Å². The summed E-state index contributed by atoms with van der Waals surface area (Å²) in [5.74, 6) is -1.90. The molecule has 0 atom stereocenters. The third-order valence-electron chi connectivity index (χ3n) is 4.39. The average Bonchev–Trinajstić information content (AvgIpc) is 2.67. The lowest BCUT2D eigenvalue weighted by Crippen LogP contribution is -2.40. The third kappa shape index (κ3) is 6.77. The Kier molecular flexibility index (Phi) is 7.98. The zero-order valence-electron chi connectivity index (χ0n) is 18.9. The molecule has 172 valence electrons. The number of carbonyl (C=O) groups is 2. The fraction of sp³-hybridized carbons (Fsp3) is 0.333. The summed E-state index contributed by atoms with van der Waals surface area (Å²) in [7, 11) is -3.75. The van der Waals surface area contributed by atoms with Crippen LogP contribution in [0.5, 0.6) is 0 Å². The Balaban J connectivity index is 2.68. The van der Waals surface area contributed by atoms with Crippen molar-refractivity contribution in [1.29, 1.82) is 0 Å². The molecule has 0 bridgehead atoms. The predicted octanol–water partition coefficient (Wildman–Crippen LogP) is 3.91. The lowest BCUT2D eigenvalue weighted by Gasteiger charge is -2.20. The highest BCUT2D eigenvalue weighted by molar-refractivity contribution is 7.89. The number of ether oxygens (including phenoxy) is 1. The fourth-order valence-corrected chi connectivity index (χ4v) is 4.55. The van der Waals surface area contributed by atoms with Crippen LogP contribution in [0.3, 0.4) is 0 Å². The Bertz CT molecular complexity index is 1110. The van der Waals surface area contributed by atoms with Crippen molar-refractivity contribution in [2.24, 2.45) is 0 Å². The van der Waals surface area contributed by atoms with Crippen LogP contribution in [0.25, 0.3) is 5.57 Å². The van der Waals surface area contributed by atoms with Crippen LogP contribution in [0.2, 0.25) is 0 Å². The van der Waals surface area contributed by atoms with Crippen LogP contribution < -0.4 is 4.72 Å². The number of rotatable bonds is 8. The van der Waals surface area contributed by atoms with E-state index < -0.39 is 33.9 Å². The summed E-state index contributed by atoms with van der Waals surface area (Å²) in [6.07, 6.45) is -0.534. The van der Waals surface area contributed by atoms with E-state index in [9.17, 15) is 23.1 Å². The van der Waals surface area contributed by atoms with Crippen LogP contribution in [0.15, 0.2) is 59.0 Å². The van der Waals surface area contributed by atoms with E-state index in [1.54, 1.807) is 52.0 Å². The van der Waals surface area contributed by atoms with Crippen molar-refractivity contribution in [2.45, 2.75) is 51.5 Å². The first-order valence-corrected chi connectivity index (χ1v) is 11.7. The smallest absolute Gasteiger partial charge is 0.335 e. The Hall–Kier alpha value is -2.97. The summed E-state index contributed by atoms with van der Waals surface area (Å²) in [4.78, 5) is 24.3. The normalized spacial score (nSPS) is 12.8. The van der Waals surface area contributed by atoms with Crippen molar-refractivity contribution < 1.29 is 27.9 Å². The van der Waals surface area contributed by atoms with Crippen LogP contribution in [0.1, 0.15) is 50.8 Å². The third-order valence-corrected chi connectivity index (χ3v) is 6.16. The highest BCUT2D eigenvalue weighted by atomic mass is 32.2. The first-order chi connectivity index (χ1) is 14.8. The number of aryl methyl sites for hydroxylation is 1. The van der Waals surface area contributed by atoms with Crippen molar-refractivity contribution in [3.05, 3.63) is 70.8 Å². The second-order valence-electron chi connectivity index (χ2n) is 8.39. The molecule has 0 saturated carbocycles. The highest BCUT2D eigenvalue weighted by Gasteiger charge is 2.24. The van der Waals surface area contributed by atoms with Crippen molar-refractivity contribution in [3.8, 4) is 0 Å². The number of hydrogen-bond acceptors (Lipinski definition) is 5. The summed E-state index contributed by atoms with van der Waals surface area (Å²) in [5.41, 5.74) is 1.86. The standard InChI is InChI=1S/C24H29NO6S/c1-6-31-23(28)20(15-21(26)27)22(17-9-7-16(2)8-10-17)18-11-13-19(14-12-18)32(29,30)25-24(3,4)5/h7-14,25H,6,15H2,1-5H3,(H,26,27)/b22-20+. The molecule has 0 amide bonds. The molecule has 0 unspecified atom stereocenters. The van der Waals surface area contributed by atoms with Crippen LogP contribution >= 0.6 is 0 Å². The molecule has 2 N–H and O–H groups in total. The highest BCUT2D eigenvalue weighted by Crippen LogP contribution is 2.31. The molecule has 0 aliphatic carbocycles. The van der Waals surface area contributed by atoms with Crippen LogP contribution in [0.4, 0.5) is 0 Å². The number of nitrogens with one attached hydrogen (secondary N) is 1. The number of benzene rings is 2. The molecule has 7 nitrogen and oxygen atoms in total. The first-order valence-electron chi connectivity index (χ1n) is 10.2. The predicted molar refractivity (Wildman–Crippen MR) is 123 cm³/mol. The topological polar surface area (TPSA) is 110 Å².